The Morgan fingerprint density at radius 1 is 0.800 bits per heavy atom. The van der Waals surface area contributed by atoms with Gasteiger partial charge in [0.15, 0.2) is 17.3 Å². The lowest BCUT2D eigenvalue weighted by Crippen LogP contribution is -2.36. The maximum atomic E-state index is 13.9. The number of rotatable bonds is 9. The van der Waals surface area contributed by atoms with Crippen LogP contribution >= 0.6 is 0 Å². The van der Waals surface area contributed by atoms with E-state index in [2.05, 4.69) is 0 Å². The largest absolute Gasteiger partial charge is 0.466 e. The van der Waals surface area contributed by atoms with Crippen LogP contribution in [0.15, 0.2) is 109 Å². The second-order valence-electron chi connectivity index (χ2n) is 9.71. The highest BCUT2D eigenvalue weighted by Gasteiger charge is 2.45. The van der Waals surface area contributed by atoms with Crippen LogP contribution in [0.5, 0.6) is 11.5 Å². The van der Waals surface area contributed by atoms with Gasteiger partial charge in [-0.05, 0) is 37.6 Å². The average molecular weight is 532 g/mol. The molecule has 0 radical (unpaired) electrons. The van der Waals surface area contributed by atoms with Gasteiger partial charge >= 0.3 is 11.8 Å². The van der Waals surface area contributed by atoms with Crippen LogP contribution in [0.4, 0.5) is 0 Å². The first kappa shape index (κ1) is 25.4. The number of hydrogen-bond donors (Lipinski definition) is 0. The fourth-order valence-electron chi connectivity index (χ4n) is 5.26. The van der Waals surface area contributed by atoms with Crippen molar-refractivity contribution < 1.29 is 23.8 Å². The summed E-state index contributed by atoms with van der Waals surface area (Å²) in [7, 11) is 0. The fraction of sp³-hybridized carbons (Fsp3) is 0.176. The molecule has 0 saturated heterocycles. The second-order valence-corrected chi connectivity index (χ2v) is 9.71. The predicted octanol–water partition coefficient (Wildman–Crippen LogP) is 6.89. The van der Waals surface area contributed by atoms with E-state index in [1.807, 2.05) is 95.7 Å². The summed E-state index contributed by atoms with van der Waals surface area (Å²) in [6.07, 6.45) is 2.83. The van der Waals surface area contributed by atoms with Crippen molar-refractivity contribution in [1.82, 2.24) is 4.57 Å². The first-order valence-corrected chi connectivity index (χ1v) is 13.5. The minimum atomic E-state index is -1.15. The van der Waals surface area contributed by atoms with E-state index in [1.54, 1.807) is 25.1 Å². The van der Waals surface area contributed by atoms with Gasteiger partial charge in [0.2, 0.25) is 0 Å². The number of ether oxygens (including phenoxy) is 3. The van der Waals surface area contributed by atoms with Crippen LogP contribution < -0.4 is 9.47 Å². The van der Waals surface area contributed by atoms with Crippen molar-refractivity contribution in [3.05, 3.63) is 132 Å². The molecule has 40 heavy (non-hydrogen) atoms. The van der Waals surface area contributed by atoms with Gasteiger partial charge in [-0.1, -0.05) is 78.9 Å². The van der Waals surface area contributed by atoms with Crippen LogP contribution in [-0.2, 0) is 21.9 Å². The van der Waals surface area contributed by atoms with E-state index in [1.165, 1.54) is 0 Å². The minimum Gasteiger partial charge on any atom is -0.466 e. The highest BCUT2D eigenvalue weighted by molar-refractivity contribution is 6.16. The van der Waals surface area contributed by atoms with Gasteiger partial charge in [-0.25, -0.2) is 0 Å². The Morgan fingerprint density at radius 3 is 2.15 bits per heavy atom. The topological polar surface area (TPSA) is 66.8 Å². The summed E-state index contributed by atoms with van der Waals surface area (Å²) in [6, 6.07) is 32.8. The molecule has 1 aliphatic heterocycles. The maximum Gasteiger partial charge on any atom is 0.305 e. The van der Waals surface area contributed by atoms with Crippen molar-refractivity contribution >= 4 is 22.7 Å². The summed E-state index contributed by atoms with van der Waals surface area (Å²) in [5, 5.41) is 0.865. The Kier molecular flexibility index (Phi) is 6.83. The Labute approximate surface area is 232 Å². The van der Waals surface area contributed by atoms with E-state index < -0.39 is 5.79 Å². The van der Waals surface area contributed by atoms with Gasteiger partial charge in [0.25, 0.3) is 0 Å². The lowest BCUT2D eigenvalue weighted by atomic mass is 9.97. The van der Waals surface area contributed by atoms with E-state index in [4.69, 9.17) is 14.2 Å². The van der Waals surface area contributed by atoms with Gasteiger partial charge in [-0.3, -0.25) is 9.59 Å². The Bertz CT molecular complexity index is 1630. The summed E-state index contributed by atoms with van der Waals surface area (Å²) in [6.45, 7) is 2.77. The number of aryl methyl sites for hydroxylation is 1. The van der Waals surface area contributed by atoms with Crippen molar-refractivity contribution in [2.75, 3.05) is 6.61 Å². The van der Waals surface area contributed by atoms with Crippen LogP contribution in [-0.4, -0.2) is 22.9 Å². The molecule has 0 unspecified atom stereocenters. The SMILES string of the molecule is CCOC(=O)CCCn1cc(C(=O)c2ccc3c(c2)OC(c2ccccc2)(c2ccccc2)O3)c2ccccc21. The molecular weight excluding hydrogens is 502 g/mol. The summed E-state index contributed by atoms with van der Waals surface area (Å²) in [5.41, 5.74) is 3.77. The second kappa shape index (κ2) is 10.7. The fourth-order valence-corrected chi connectivity index (χ4v) is 5.26. The molecule has 0 bridgehead atoms. The Hall–Kier alpha value is -4.84. The molecule has 6 heteroatoms. The van der Waals surface area contributed by atoms with Gasteiger partial charge < -0.3 is 18.8 Å². The van der Waals surface area contributed by atoms with Crippen molar-refractivity contribution in [3.8, 4) is 11.5 Å². The third-order valence-corrected chi connectivity index (χ3v) is 7.14. The van der Waals surface area contributed by atoms with Crippen molar-refractivity contribution in [1.29, 1.82) is 0 Å². The maximum absolute atomic E-state index is 13.9. The molecule has 0 spiro atoms. The molecular formula is C34H29NO5. The zero-order valence-electron chi connectivity index (χ0n) is 22.2. The molecule has 6 nitrogen and oxygen atoms in total. The molecule has 1 aromatic heterocycles. The number of carbonyl (C=O) groups is 2. The summed E-state index contributed by atoms with van der Waals surface area (Å²) < 4.78 is 20.1. The number of ketones is 1. The zero-order valence-corrected chi connectivity index (χ0v) is 22.2. The van der Waals surface area contributed by atoms with Gasteiger partial charge in [-0.2, -0.15) is 0 Å². The summed E-state index contributed by atoms with van der Waals surface area (Å²) >= 11 is 0. The highest BCUT2D eigenvalue weighted by atomic mass is 16.7. The molecule has 0 N–H and O–H groups in total. The lowest BCUT2D eigenvalue weighted by Gasteiger charge is -2.28. The third kappa shape index (κ3) is 4.62. The van der Waals surface area contributed by atoms with E-state index in [0.717, 1.165) is 22.0 Å². The molecule has 0 fully saturated rings. The van der Waals surface area contributed by atoms with Crippen LogP contribution in [0, 0.1) is 0 Å². The summed E-state index contributed by atoms with van der Waals surface area (Å²) in [5.74, 6) is -0.384. The minimum absolute atomic E-state index is 0.108. The number of benzene rings is 4. The van der Waals surface area contributed by atoms with Crippen molar-refractivity contribution in [2.45, 2.75) is 32.1 Å². The number of aromatic nitrogens is 1. The summed E-state index contributed by atoms with van der Waals surface area (Å²) in [4.78, 5) is 25.7. The van der Waals surface area contributed by atoms with Crippen LogP contribution in [0.2, 0.25) is 0 Å². The smallest absolute Gasteiger partial charge is 0.305 e. The first-order chi connectivity index (χ1) is 19.6. The molecule has 0 aliphatic carbocycles. The molecule has 0 amide bonds. The molecule has 5 aromatic rings. The van der Waals surface area contributed by atoms with Crippen LogP contribution in [0.25, 0.3) is 10.9 Å². The van der Waals surface area contributed by atoms with Gasteiger partial charge in [0.05, 0.1) is 6.61 Å². The third-order valence-electron chi connectivity index (χ3n) is 7.14. The normalized spacial score (nSPS) is 13.3. The lowest BCUT2D eigenvalue weighted by molar-refractivity contribution is -0.143. The van der Waals surface area contributed by atoms with Gasteiger partial charge in [0, 0.05) is 52.3 Å². The number of esters is 1. The number of hydrogen-bond acceptors (Lipinski definition) is 5. The van der Waals surface area contributed by atoms with E-state index in [-0.39, 0.29) is 11.8 Å². The molecule has 4 aromatic carbocycles. The highest BCUT2D eigenvalue weighted by Crippen LogP contribution is 2.48. The van der Waals surface area contributed by atoms with E-state index >= 15 is 0 Å². The standard InChI is InChI=1S/C34H29NO5/c1-2-38-32(36)18-11-21-35-23-28(27-16-9-10-17-29(27)35)33(37)24-19-20-30-31(22-24)40-34(39-30,25-12-5-3-6-13-25)26-14-7-4-8-15-26/h3-10,12-17,19-20,22-23H,2,11,18,21H2,1H3. The van der Waals surface area contributed by atoms with Gasteiger partial charge in [0.1, 0.15) is 0 Å². The van der Waals surface area contributed by atoms with E-state index in [9.17, 15) is 9.59 Å². The van der Waals surface area contributed by atoms with Gasteiger partial charge in [-0.15, -0.1) is 0 Å². The average Bonchev–Trinajstić information content (AvgIpc) is 3.57. The monoisotopic (exact) mass is 531 g/mol. The number of para-hydroxylation sites is 1. The van der Waals surface area contributed by atoms with E-state index in [0.29, 0.717) is 48.6 Å². The molecule has 2 heterocycles. The zero-order chi connectivity index (χ0) is 27.5. The predicted molar refractivity (Wildman–Crippen MR) is 153 cm³/mol. The van der Waals surface area contributed by atoms with Crippen LogP contribution in [0.1, 0.15) is 46.8 Å². The Balaban J connectivity index is 1.31. The Morgan fingerprint density at radius 2 is 1.45 bits per heavy atom. The number of carbonyl (C=O) groups excluding carboxylic acids is 2. The first-order valence-electron chi connectivity index (χ1n) is 13.5. The molecule has 0 atom stereocenters. The van der Waals surface area contributed by atoms with Crippen molar-refractivity contribution in [2.24, 2.45) is 0 Å². The number of fused-ring (bicyclic) bond motifs is 2. The molecule has 6 rings (SSSR count). The quantitative estimate of drug-likeness (QED) is 0.153. The van der Waals surface area contributed by atoms with Crippen LogP contribution in [0.3, 0.4) is 0 Å². The molecule has 1 aliphatic rings. The molecule has 200 valence electrons. The van der Waals surface area contributed by atoms with Crippen molar-refractivity contribution in [3.63, 3.8) is 0 Å². The molecule has 0 saturated carbocycles. The number of nitrogens with zero attached hydrogens (tertiary/aromatic N) is 1.